The lowest BCUT2D eigenvalue weighted by Gasteiger charge is -2.31. The lowest BCUT2D eigenvalue weighted by molar-refractivity contribution is -0.133. The van der Waals surface area contributed by atoms with E-state index in [-0.39, 0.29) is 29.7 Å². The van der Waals surface area contributed by atoms with E-state index >= 15 is 0 Å². The maximum absolute atomic E-state index is 12.9. The van der Waals surface area contributed by atoms with Crippen LogP contribution in [0.2, 0.25) is 0 Å². The van der Waals surface area contributed by atoms with Crippen molar-refractivity contribution in [2.75, 3.05) is 20.2 Å². The van der Waals surface area contributed by atoms with Crippen molar-refractivity contribution in [2.45, 2.75) is 25.5 Å². The van der Waals surface area contributed by atoms with Crippen LogP contribution < -0.4 is 20.7 Å². The number of ether oxygens (including phenoxy) is 2. The summed E-state index contributed by atoms with van der Waals surface area (Å²) in [5.41, 5.74) is 0.417. The molecule has 0 aliphatic carbocycles. The van der Waals surface area contributed by atoms with Gasteiger partial charge in [0.1, 0.15) is 18.4 Å². The average Bonchev–Trinajstić information content (AvgIpc) is 3.44. The number of likely N-dealkylation sites (tertiary alicyclic amines) is 1. The minimum absolute atomic E-state index is 0.0187. The molecule has 1 aromatic carbocycles. The zero-order valence-electron chi connectivity index (χ0n) is 19.1. The van der Waals surface area contributed by atoms with E-state index in [1.54, 1.807) is 19.1 Å². The number of rotatable bonds is 5. The fourth-order valence-corrected chi connectivity index (χ4v) is 5.05. The molecule has 178 valence electrons. The first-order chi connectivity index (χ1) is 16.4. The Morgan fingerprint density at radius 2 is 1.94 bits per heavy atom. The molecule has 0 unspecified atom stereocenters. The summed E-state index contributed by atoms with van der Waals surface area (Å²) in [5, 5.41) is 0.611. The highest BCUT2D eigenvalue weighted by Gasteiger charge is 2.26. The van der Waals surface area contributed by atoms with Gasteiger partial charge in [-0.15, -0.1) is 0 Å². The molecule has 0 saturated carbocycles. The van der Waals surface area contributed by atoms with Crippen molar-refractivity contribution < 1.29 is 14.3 Å². The number of imidazole rings is 1. The third-order valence-corrected chi connectivity index (χ3v) is 7.09. The molecule has 1 saturated heterocycles. The molecule has 1 fully saturated rings. The largest absolute Gasteiger partial charge is 0.497 e. The lowest BCUT2D eigenvalue weighted by Crippen LogP contribution is -2.43. The van der Waals surface area contributed by atoms with Gasteiger partial charge in [0, 0.05) is 46.1 Å². The number of aromatic nitrogens is 5. The van der Waals surface area contributed by atoms with Gasteiger partial charge in [-0.3, -0.25) is 18.7 Å². The van der Waals surface area contributed by atoms with Gasteiger partial charge in [0.05, 0.1) is 23.7 Å². The summed E-state index contributed by atoms with van der Waals surface area (Å²) in [6, 6.07) is 5.74. The first-order valence-electron chi connectivity index (χ1n) is 10.9. The number of thiazole rings is 1. The second-order valence-electron chi connectivity index (χ2n) is 8.26. The zero-order chi connectivity index (χ0) is 24.0. The number of benzene rings is 1. The molecule has 1 aliphatic rings. The second-order valence-corrected chi connectivity index (χ2v) is 9.26. The first-order valence-corrected chi connectivity index (χ1v) is 11.7. The van der Waals surface area contributed by atoms with Crippen molar-refractivity contribution in [2.24, 2.45) is 14.1 Å². The molecule has 0 spiro atoms. The van der Waals surface area contributed by atoms with E-state index in [1.165, 1.54) is 33.8 Å². The van der Waals surface area contributed by atoms with Crippen molar-refractivity contribution in [3.8, 4) is 10.9 Å². The van der Waals surface area contributed by atoms with Crippen LogP contribution in [0, 0.1) is 0 Å². The van der Waals surface area contributed by atoms with E-state index in [2.05, 4.69) is 9.97 Å². The number of methoxy groups -OCH3 is 1. The van der Waals surface area contributed by atoms with Crippen molar-refractivity contribution in [3.63, 3.8) is 0 Å². The molecule has 0 radical (unpaired) electrons. The number of hydrogen-bond acceptors (Lipinski definition) is 8. The van der Waals surface area contributed by atoms with Gasteiger partial charge in [-0.1, -0.05) is 11.3 Å². The highest BCUT2D eigenvalue weighted by Crippen LogP contribution is 2.32. The minimum atomic E-state index is -0.469. The van der Waals surface area contributed by atoms with Gasteiger partial charge in [-0.05, 0) is 12.1 Å². The molecular weight excluding hydrogens is 460 g/mol. The number of amides is 1. The second kappa shape index (κ2) is 8.60. The maximum Gasteiger partial charge on any atom is 0.332 e. The number of piperidine rings is 1. The summed E-state index contributed by atoms with van der Waals surface area (Å²) >= 11 is 1.49. The van der Waals surface area contributed by atoms with Crippen LogP contribution in [0.1, 0.15) is 12.8 Å². The van der Waals surface area contributed by atoms with Crippen LogP contribution in [0.5, 0.6) is 10.9 Å². The van der Waals surface area contributed by atoms with Gasteiger partial charge in [-0.25, -0.2) is 14.8 Å². The van der Waals surface area contributed by atoms with Gasteiger partial charge < -0.3 is 18.9 Å². The van der Waals surface area contributed by atoms with Gasteiger partial charge >= 0.3 is 5.69 Å². The Bertz CT molecular complexity index is 1510. The molecule has 0 N–H and O–H groups in total. The molecular formula is C22H24N6O5S. The Balaban J connectivity index is 1.24. The SMILES string of the molecule is COc1ccc2sc(OC3CCN(C(=O)Cn4cnc5c4c(=O)n(C)c(=O)n5C)CC3)nc2c1. The molecule has 4 heterocycles. The fraction of sp³-hybridized carbons (Fsp3) is 0.409. The van der Waals surface area contributed by atoms with E-state index in [4.69, 9.17) is 9.47 Å². The number of carbonyl (C=O) groups excluding carboxylic acids is 1. The van der Waals surface area contributed by atoms with Gasteiger partial charge in [-0.2, -0.15) is 0 Å². The molecule has 3 aromatic heterocycles. The van der Waals surface area contributed by atoms with Crippen molar-refractivity contribution in [3.05, 3.63) is 45.4 Å². The van der Waals surface area contributed by atoms with E-state index in [1.807, 2.05) is 18.2 Å². The Kier molecular flexibility index (Phi) is 5.60. The van der Waals surface area contributed by atoms with Crippen molar-refractivity contribution >= 4 is 38.6 Å². The van der Waals surface area contributed by atoms with Crippen LogP contribution in [-0.2, 0) is 25.4 Å². The monoisotopic (exact) mass is 484 g/mol. The van der Waals surface area contributed by atoms with Crippen LogP contribution in [0.3, 0.4) is 0 Å². The van der Waals surface area contributed by atoms with E-state index in [0.717, 1.165) is 20.5 Å². The maximum atomic E-state index is 12.9. The lowest BCUT2D eigenvalue weighted by atomic mass is 10.1. The summed E-state index contributed by atoms with van der Waals surface area (Å²) in [6.45, 7) is 1.08. The quantitative estimate of drug-likeness (QED) is 0.417. The Morgan fingerprint density at radius 3 is 2.68 bits per heavy atom. The Labute approximate surface area is 197 Å². The molecule has 4 aromatic rings. The van der Waals surface area contributed by atoms with E-state index < -0.39 is 11.2 Å². The summed E-state index contributed by atoms with van der Waals surface area (Å²) in [4.78, 5) is 48.1. The third-order valence-electron chi connectivity index (χ3n) is 6.16. The predicted octanol–water partition coefficient (Wildman–Crippen LogP) is 1.12. The van der Waals surface area contributed by atoms with Gasteiger partial charge in [0.2, 0.25) is 5.91 Å². The minimum Gasteiger partial charge on any atom is -0.497 e. The number of fused-ring (bicyclic) bond motifs is 2. The Morgan fingerprint density at radius 1 is 1.18 bits per heavy atom. The fourth-order valence-electron chi connectivity index (χ4n) is 4.19. The number of hydrogen-bond donors (Lipinski definition) is 0. The summed E-state index contributed by atoms with van der Waals surface area (Å²) in [6.07, 6.45) is 2.78. The standard InChI is InChI=1S/C22H24N6O5S/c1-25-19-18(20(30)26(2)22(25)31)28(12-23-19)11-17(29)27-8-6-13(7-9-27)33-21-24-15-10-14(32-3)4-5-16(15)34-21/h4-5,10,12-13H,6-9,11H2,1-3H3. The summed E-state index contributed by atoms with van der Waals surface area (Å²) in [5.74, 6) is 0.641. The smallest absolute Gasteiger partial charge is 0.332 e. The van der Waals surface area contributed by atoms with Crippen LogP contribution in [0.4, 0.5) is 0 Å². The van der Waals surface area contributed by atoms with Crippen molar-refractivity contribution in [1.82, 2.24) is 28.6 Å². The van der Waals surface area contributed by atoms with E-state index in [0.29, 0.717) is 31.1 Å². The van der Waals surface area contributed by atoms with Crippen LogP contribution >= 0.6 is 11.3 Å². The Hall–Kier alpha value is -3.67. The predicted molar refractivity (Wildman–Crippen MR) is 127 cm³/mol. The highest BCUT2D eigenvalue weighted by molar-refractivity contribution is 7.20. The van der Waals surface area contributed by atoms with E-state index in [9.17, 15) is 14.4 Å². The average molecular weight is 485 g/mol. The molecule has 5 rings (SSSR count). The number of nitrogens with zero attached hydrogens (tertiary/aromatic N) is 6. The van der Waals surface area contributed by atoms with Gasteiger partial charge in [0.15, 0.2) is 11.2 Å². The molecule has 1 aliphatic heterocycles. The normalized spacial score (nSPS) is 14.7. The van der Waals surface area contributed by atoms with Crippen LogP contribution in [0.15, 0.2) is 34.1 Å². The summed E-state index contributed by atoms with van der Waals surface area (Å²) in [7, 11) is 4.59. The van der Waals surface area contributed by atoms with Crippen LogP contribution in [0.25, 0.3) is 21.4 Å². The molecule has 12 heteroatoms. The third kappa shape index (κ3) is 3.83. The van der Waals surface area contributed by atoms with Crippen LogP contribution in [-0.4, -0.2) is 60.8 Å². The number of carbonyl (C=O) groups is 1. The molecule has 34 heavy (non-hydrogen) atoms. The molecule has 0 atom stereocenters. The zero-order valence-corrected chi connectivity index (χ0v) is 19.9. The number of aryl methyl sites for hydroxylation is 1. The highest BCUT2D eigenvalue weighted by atomic mass is 32.1. The van der Waals surface area contributed by atoms with Gasteiger partial charge in [0.25, 0.3) is 10.8 Å². The molecule has 11 nitrogen and oxygen atoms in total. The molecule has 1 amide bonds. The molecule has 0 bridgehead atoms. The first kappa shape index (κ1) is 22.1. The van der Waals surface area contributed by atoms with Crippen molar-refractivity contribution in [1.29, 1.82) is 0 Å². The topological polar surface area (TPSA) is 113 Å². The summed E-state index contributed by atoms with van der Waals surface area (Å²) < 4.78 is 16.2.